The molecule has 126 valence electrons. The number of rotatable bonds is 5. The Morgan fingerprint density at radius 1 is 1.00 bits per heavy atom. The van der Waals surface area contributed by atoms with Crippen molar-refractivity contribution < 1.29 is 4.79 Å². The first kappa shape index (κ1) is 16.8. The van der Waals surface area contributed by atoms with Gasteiger partial charge in [0, 0.05) is 43.4 Å². The molecule has 3 rings (SSSR count). The molecular formula is C19H22ClN3O. The fourth-order valence-electron chi connectivity index (χ4n) is 2.91. The number of amides is 1. The van der Waals surface area contributed by atoms with E-state index in [4.69, 9.17) is 11.6 Å². The van der Waals surface area contributed by atoms with Crippen molar-refractivity contribution in [2.24, 2.45) is 0 Å². The molecule has 0 unspecified atom stereocenters. The van der Waals surface area contributed by atoms with E-state index >= 15 is 0 Å². The van der Waals surface area contributed by atoms with E-state index in [-0.39, 0.29) is 5.91 Å². The van der Waals surface area contributed by atoms with Crippen LogP contribution in [0.3, 0.4) is 0 Å². The van der Waals surface area contributed by atoms with Crippen molar-refractivity contribution in [1.29, 1.82) is 0 Å². The molecule has 0 atom stereocenters. The van der Waals surface area contributed by atoms with E-state index in [9.17, 15) is 4.79 Å². The van der Waals surface area contributed by atoms with Crippen molar-refractivity contribution in [3.63, 3.8) is 0 Å². The summed E-state index contributed by atoms with van der Waals surface area (Å²) in [5.41, 5.74) is 2.27. The van der Waals surface area contributed by atoms with Crippen molar-refractivity contribution in [2.75, 3.05) is 37.6 Å². The third kappa shape index (κ3) is 4.73. The van der Waals surface area contributed by atoms with Crippen molar-refractivity contribution in [3.05, 3.63) is 65.2 Å². The summed E-state index contributed by atoms with van der Waals surface area (Å²) in [7, 11) is 0. The van der Waals surface area contributed by atoms with Gasteiger partial charge in [-0.2, -0.15) is 0 Å². The fourth-order valence-corrected chi connectivity index (χ4v) is 3.12. The summed E-state index contributed by atoms with van der Waals surface area (Å²) in [6.07, 6.45) is 0. The second-order valence-electron chi connectivity index (χ2n) is 6.01. The number of carbonyl (C=O) groups excluding carboxylic acids is 1. The summed E-state index contributed by atoms with van der Waals surface area (Å²) < 4.78 is 0. The summed E-state index contributed by atoms with van der Waals surface area (Å²) in [6, 6.07) is 18.0. The lowest BCUT2D eigenvalue weighted by Gasteiger charge is -2.35. The van der Waals surface area contributed by atoms with Crippen molar-refractivity contribution in [2.45, 2.75) is 6.54 Å². The predicted octanol–water partition coefficient (Wildman–Crippen LogP) is 2.78. The van der Waals surface area contributed by atoms with Crippen LogP contribution in [-0.2, 0) is 11.3 Å². The van der Waals surface area contributed by atoms with Crippen LogP contribution in [0.4, 0.5) is 5.69 Å². The SMILES string of the molecule is O=C(CN1CCN(c2ccccc2)CC1)NCc1cccc(Cl)c1. The Balaban J connectivity index is 1.42. The van der Waals surface area contributed by atoms with Crippen LogP contribution >= 0.6 is 11.6 Å². The zero-order valence-electron chi connectivity index (χ0n) is 13.6. The van der Waals surface area contributed by atoms with E-state index in [2.05, 4.69) is 39.4 Å². The molecule has 0 spiro atoms. The van der Waals surface area contributed by atoms with E-state index in [1.165, 1.54) is 5.69 Å². The summed E-state index contributed by atoms with van der Waals surface area (Å²) in [5, 5.41) is 3.66. The van der Waals surface area contributed by atoms with E-state index in [1.54, 1.807) is 0 Å². The van der Waals surface area contributed by atoms with Gasteiger partial charge in [0.15, 0.2) is 0 Å². The number of hydrogen-bond acceptors (Lipinski definition) is 3. The number of carbonyl (C=O) groups is 1. The molecule has 24 heavy (non-hydrogen) atoms. The summed E-state index contributed by atoms with van der Waals surface area (Å²) in [6.45, 7) is 4.67. The Hall–Kier alpha value is -2.04. The largest absolute Gasteiger partial charge is 0.369 e. The van der Waals surface area contributed by atoms with Crippen molar-refractivity contribution in [3.8, 4) is 0 Å². The highest BCUT2D eigenvalue weighted by atomic mass is 35.5. The van der Waals surface area contributed by atoms with Gasteiger partial charge in [0.1, 0.15) is 0 Å². The molecule has 0 aromatic heterocycles. The van der Waals surface area contributed by atoms with Crippen molar-refractivity contribution >= 4 is 23.2 Å². The molecule has 1 aliphatic rings. The summed E-state index contributed by atoms with van der Waals surface area (Å²) >= 11 is 5.95. The second-order valence-corrected chi connectivity index (χ2v) is 6.44. The predicted molar refractivity (Wildman–Crippen MR) is 98.4 cm³/mol. The molecule has 1 heterocycles. The standard InChI is InChI=1S/C19H22ClN3O/c20-17-6-4-5-16(13-17)14-21-19(24)15-22-9-11-23(12-10-22)18-7-2-1-3-8-18/h1-8,13H,9-12,14-15H2,(H,21,24). The lowest BCUT2D eigenvalue weighted by Crippen LogP contribution is -2.49. The minimum atomic E-state index is 0.0585. The van der Waals surface area contributed by atoms with Crippen LogP contribution in [0, 0.1) is 0 Å². The minimum Gasteiger partial charge on any atom is -0.369 e. The number of anilines is 1. The Kier molecular flexibility index (Phi) is 5.72. The van der Waals surface area contributed by atoms with Gasteiger partial charge in [0.25, 0.3) is 0 Å². The van der Waals surface area contributed by atoms with E-state index in [0.29, 0.717) is 18.1 Å². The second kappa shape index (κ2) is 8.18. The van der Waals surface area contributed by atoms with Gasteiger partial charge < -0.3 is 10.2 Å². The average molecular weight is 344 g/mol. The highest BCUT2D eigenvalue weighted by Gasteiger charge is 2.18. The average Bonchev–Trinajstić information content (AvgIpc) is 2.61. The number of nitrogens with one attached hydrogen (secondary N) is 1. The molecule has 0 radical (unpaired) electrons. The first-order chi connectivity index (χ1) is 11.7. The van der Waals surface area contributed by atoms with Gasteiger partial charge in [-0.25, -0.2) is 0 Å². The topological polar surface area (TPSA) is 35.6 Å². The van der Waals surface area contributed by atoms with Crippen LogP contribution in [0.5, 0.6) is 0 Å². The first-order valence-electron chi connectivity index (χ1n) is 8.24. The smallest absolute Gasteiger partial charge is 0.234 e. The van der Waals surface area contributed by atoms with Gasteiger partial charge in [-0.3, -0.25) is 9.69 Å². The molecular weight excluding hydrogens is 322 g/mol. The molecule has 1 amide bonds. The molecule has 2 aromatic rings. The molecule has 5 heteroatoms. The molecule has 1 N–H and O–H groups in total. The third-order valence-electron chi connectivity index (χ3n) is 4.24. The number of benzene rings is 2. The zero-order valence-corrected chi connectivity index (χ0v) is 14.4. The minimum absolute atomic E-state index is 0.0585. The van der Waals surface area contributed by atoms with Crippen LogP contribution in [0.2, 0.25) is 5.02 Å². The molecule has 0 aliphatic carbocycles. The van der Waals surface area contributed by atoms with E-state index in [1.807, 2.05) is 30.3 Å². The van der Waals surface area contributed by atoms with E-state index in [0.717, 1.165) is 31.7 Å². The van der Waals surface area contributed by atoms with Crippen LogP contribution in [0.15, 0.2) is 54.6 Å². The lowest BCUT2D eigenvalue weighted by molar-refractivity contribution is -0.122. The Morgan fingerprint density at radius 2 is 1.75 bits per heavy atom. The van der Waals surface area contributed by atoms with Crippen molar-refractivity contribution in [1.82, 2.24) is 10.2 Å². The number of piperazine rings is 1. The number of halogens is 1. The summed E-state index contributed by atoms with van der Waals surface area (Å²) in [4.78, 5) is 16.7. The van der Waals surface area contributed by atoms with Crippen LogP contribution < -0.4 is 10.2 Å². The number of para-hydroxylation sites is 1. The van der Waals surface area contributed by atoms with Crippen LogP contribution in [0.1, 0.15) is 5.56 Å². The highest BCUT2D eigenvalue weighted by molar-refractivity contribution is 6.30. The first-order valence-corrected chi connectivity index (χ1v) is 8.62. The molecule has 4 nitrogen and oxygen atoms in total. The summed E-state index contributed by atoms with van der Waals surface area (Å²) in [5.74, 6) is 0.0585. The maximum atomic E-state index is 12.1. The van der Waals surface area contributed by atoms with Gasteiger partial charge in [-0.15, -0.1) is 0 Å². The molecule has 1 aliphatic heterocycles. The number of nitrogens with zero attached hydrogens (tertiary/aromatic N) is 2. The third-order valence-corrected chi connectivity index (χ3v) is 4.47. The molecule has 2 aromatic carbocycles. The lowest BCUT2D eigenvalue weighted by atomic mass is 10.2. The van der Waals surface area contributed by atoms with E-state index < -0.39 is 0 Å². The molecule has 0 saturated carbocycles. The Bertz CT molecular complexity index is 669. The molecule has 1 saturated heterocycles. The zero-order chi connectivity index (χ0) is 16.8. The molecule has 1 fully saturated rings. The highest BCUT2D eigenvalue weighted by Crippen LogP contribution is 2.15. The fraction of sp³-hybridized carbons (Fsp3) is 0.316. The quantitative estimate of drug-likeness (QED) is 0.906. The van der Waals surface area contributed by atoms with Gasteiger partial charge in [-0.05, 0) is 29.8 Å². The monoisotopic (exact) mass is 343 g/mol. The van der Waals surface area contributed by atoms with Gasteiger partial charge in [0.2, 0.25) is 5.91 Å². The maximum Gasteiger partial charge on any atom is 0.234 e. The van der Waals surface area contributed by atoms with Gasteiger partial charge in [0.05, 0.1) is 6.54 Å². The van der Waals surface area contributed by atoms with Gasteiger partial charge in [-0.1, -0.05) is 41.9 Å². The van der Waals surface area contributed by atoms with Crippen LogP contribution in [-0.4, -0.2) is 43.5 Å². The maximum absolute atomic E-state index is 12.1. The Labute approximate surface area is 148 Å². The Morgan fingerprint density at radius 3 is 2.46 bits per heavy atom. The van der Waals surface area contributed by atoms with Gasteiger partial charge >= 0.3 is 0 Å². The van der Waals surface area contributed by atoms with Crippen LogP contribution in [0.25, 0.3) is 0 Å². The number of hydrogen-bond donors (Lipinski definition) is 1. The normalized spacial score (nSPS) is 15.3. The molecule has 0 bridgehead atoms.